The zero-order chi connectivity index (χ0) is 24.3. The Hall–Kier alpha value is -1.87. The van der Waals surface area contributed by atoms with E-state index in [-0.39, 0.29) is 5.82 Å². The SMILES string of the molecule is CCCC(CCC)COCCCCCCCCCCCOc1ccc(-c2cccc(F)c2)cc1. The number of unbranched alkanes of at least 4 members (excludes halogenated alkanes) is 8. The van der Waals surface area contributed by atoms with Crippen LogP contribution in [0.5, 0.6) is 5.75 Å². The van der Waals surface area contributed by atoms with Gasteiger partial charge in [0, 0.05) is 13.2 Å². The number of halogens is 1. The topological polar surface area (TPSA) is 18.5 Å². The first kappa shape index (κ1) is 28.4. The molecule has 2 nitrogen and oxygen atoms in total. The predicted molar refractivity (Wildman–Crippen MR) is 143 cm³/mol. The third-order valence-corrected chi connectivity index (χ3v) is 6.46. The molecule has 0 bridgehead atoms. The third kappa shape index (κ3) is 12.6. The molecule has 0 fully saturated rings. The van der Waals surface area contributed by atoms with Crippen LogP contribution in [0.2, 0.25) is 0 Å². The van der Waals surface area contributed by atoms with E-state index in [0.29, 0.717) is 0 Å². The molecule has 0 aromatic heterocycles. The molecule has 0 radical (unpaired) electrons. The van der Waals surface area contributed by atoms with Gasteiger partial charge in [-0.1, -0.05) is 95.9 Å². The molecule has 0 spiro atoms. The van der Waals surface area contributed by atoms with Crippen LogP contribution in [0.15, 0.2) is 48.5 Å². The molecule has 0 aliphatic carbocycles. The Morgan fingerprint density at radius 1 is 0.676 bits per heavy atom. The number of benzene rings is 2. The molecule has 0 amide bonds. The van der Waals surface area contributed by atoms with Crippen molar-refractivity contribution in [2.75, 3.05) is 19.8 Å². The van der Waals surface area contributed by atoms with Gasteiger partial charge in [-0.3, -0.25) is 0 Å². The van der Waals surface area contributed by atoms with E-state index in [1.54, 1.807) is 12.1 Å². The standard InChI is InChI=1S/C31H47FO2/c1-3-15-27(16-4-2)26-33-23-12-10-8-6-5-7-9-11-13-24-34-31-21-19-28(20-22-31)29-17-14-18-30(32)25-29/h14,17-22,25,27H,3-13,15-16,23-24,26H2,1-2H3. The summed E-state index contributed by atoms with van der Waals surface area (Å²) in [5, 5.41) is 0. The second-order valence-electron chi connectivity index (χ2n) is 9.58. The summed E-state index contributed by atoms with van der Waals surface area (Å²) in [4.78, 5) is 0. The first-order valence-corrected chi connectivity index (χ1v) is 13.8. The maximum absolute atomic E-state index is 13.4. The highest BCUT2D eigenvalue weighted by molar-refractivity contribution is 5.64. The fraction of sp³-hybridized carbons (Fsp3) is 0.613. The summed E-state index contributed by atoms with van der Waals surface area (Å²) < 4.78 is 25.2. The Balaban J connectivity index is 1.39. The zero-order valence-corrected chi connectivity index (χ0v) is 21.7. The Bertz CT molecular complexity index is 737. The lowest BCUT2D eigenvalue weighted by atomic mass is 9.99. The van der Waals surface area contributed by atoms with E-state index in [2.05, 4.69) is 13.8 Å². The summed E-state index contributed by atoms with van der Waals surface area (Å²) in [7, 11) is 0. The van der Waals surface area contributed by atoms with Crippen molar-refractivity contribution in [2.45, 2.75) is 97.3 Å². The summed E-state index contributed by atoms with van der Waals surface area (Å²) >= 11 is 0. The molecule has 0 heterocycles. The number of hydrogen-bond acceptors (Lipinski definition) is 2. The molecule has 0 saturated heterocycles. The molecular formula is C31H47FO2. The Labute approximate surface area is 208 Å². The molecule has 2 aromatic carbocycles. The van der Waals surface area contributed by atoms with E-state index < -0.39 is 0 Å². The quantitative estimate of drug-likeness (QED) is 0.179. The number of rotatable bonds is 20. The maximum Gasteiger partial charge on any atom is 0.123 e. The van der Waals surface area contributed by atoms with Gasteiger partial charge in [0.15, 0.2) is 0 Å². The molecule has 3 heteroatoms. The molecule has 2 rings (SSSR count). The van der Waals surface area contributed by atoms with E-state index in [0.717, 1.165) is 49.0 Å². The Morgan fingerprint density at radius 2 is 1.26 bits per heavy atom. The summed E-state index contributed by atoms with van der Waals surface area (Å²) in [5.74, 6) is 1.45. The predicted octanol–water partition coefficient (Wildman–Crippen LogP) is 9.62. The van der Waals surface area contributed by atoms with Crippen molar-refractivity contribution < 1.29 is 13.9 Å². The molecule has 0 aliphatic heterocycles. The van der Waals surface area contributed by atoms with Gasteiger partial charge >= 0.3 is 0 Å². The highest BCUT2D eigenvalue weighted by Crippen LogP contribution is 2.23. The van der Waals surface area contributed by atoms with Gasteiger partial charge in [-0.15, -0.1) is 0 Å². The van der Waals surface area contributed by atoms with Crippen LogP contribution in [-0.4, -0.2) is 19.8 Å². The second kappa shape index (κ2) is 18.5. The van der Waals surface area contributed by atoms with Crippen LogP contribution in [0.4, 0.5) is 4.39 Å². The van der Waals surface area contributed by atoms with Gasteiger partial charge in [0.25, 0.3) is 0 Å². The van der Waals surface area contributed by atoms with Gasteiger partial charge in [0.1, 0.15) is 11.6 Å². The minimum absolute atomic E-state index is 0.207. The van der Waals surface area contributed by atoms with Crippen LogP contribution >= 0.6 is 0 Å². The molecule has 190 valence electrons. The lowest BCUT2D eigenvalue weighted by molar-refractivity contribution is 0.0893. The Kier molecular flexibility index (Phi) is 15.4. The van der Waals surface area contributed by atoms with Crippen molar-refractivity contribution >= 4 is 0 Å². The fourth-order valence-corrected chi connectivity index (χ4v) is 4.52. The first-order chi connectivity index (χ1) is 16.7. The van der Waals surface area contributed by atoms with Crippen molar-refractivity contribution in [3.8, 4) is 16.9 Å². The molecule has 0 unspecified atom stereocenters. The highest BCUT2D eigenvalue weighted by atomic mass is 19.1. The second-order valence-corrected chi connectivity index (χ2v) is 9.58. The van der Waals surface area contributed by atoms with Gasteiger partial charge in [-0.25, -0.2) is 4.39 Å². The fourth-order valence-electron chi connectivity index (χ4n) is 4.52. The van der Waals surface area contributed by atoms with E-state index in [9.17, 15) is 4.39 Å². The summed E-state index contributed by atoms with van der Waals surface area (Å²) in [6.45, 7) is 7.21. The van der Waals surface area contributed by atoms with Crippen LogP contribution in [0.25, 0.3) is 11.1 Å². The largest absolute Gasteiger partial charge is 0.494 e. The van der Waals surface area contributed by atoms with Crippen molar-refractivity contribution in [2.24, 2.45) is 5.92 Å². The van der Waals surface area contributed by atoms with Crippen molar-refractivity contribution in [3.63, 3.8) is 0 Å². The van der Waals surface area contributed by atoms with E-state index in [1.165, 1.54) is 83.1 Å². The third-order valence-electron chi connectivity index (χ3n) is 6.46. The van der Waals surface area contributed by atoms with Crippen molar-refractivity contribution in [3.05, 3.63) is 54.3 Å². The minimum atomic E-state index is -0.207. The van der Waals surface area contributed by atoms with E-state index in [1.807, 2.05) is 30.3 Å². The van der Waals surface area contributed by atoms with Gasteiger partial charge in [0.2, 0.25) is 0 Å². The first-order valence-electron chi connectivity index (χ1n) is 13.8. The monoisotopic (exact) mass is 470 g/mol. The van der Waals surface area contributed by atoms with Crippen LogP contribution in [-0.2, 0) is 4.74 Å². The summed E-state index contributed by atoms with van der Waals surface area (Å²) in [6.07, 6.45) is 16.7. The van der Waals surface area contributed by atoms with E-state index in [4.69, 9.17) is 9.47 Å². The molecule has 0 N–H and O–H groups in total. The van der Waals surface area contributed by atoms with Crippen LogP contribution in [0.3, 0.4) is 0 Å². The highest BCUT2D eigenvalue weighted by Gasteiger charge is 2.06. The summed E-state index contributed by atoms with van der Waals surface area (Å²) in [6, 6.07) is 14.6. The van der Waals surface area contributed by atoms with Gasteiger partial charge < -0.3 is 9.47 Å². The Morgan fingerprint density at radius 3 is 1.85 bits per heavy atom. The normalized spacial score (nSPS) is 11.3. The van der Waals surface area contributed by atoms with Crippen molar-refractivity contribution in [1.82, 2.24) is 0 Å². The van der Waals surface area contributed by atoms with E-state index >= 15 is 0 Å². The molecule has 0 saturated carbocycles. The lowest BCUT2D eigenvalue weighted by Gasteiger charge is -2.15. The molecule has 0 atom stereocenters. The molecule has 2 aromatic rings. The van der Waals surface area contributed by atoms with Gasteiger partial charge in [-0.2, -0.15) is 0 Å². The maximum atomic E-state index is 13.4. The summed E-state index contributed by atoms with van der Waals surface area (Å²) in [5.41, 5.74) is 1.90. The minimum Gasteiger partial charge on any atom is -0.494 e. The average molecular weight is 471 g/mol. The molecular weight excluding hydrogens is 423 g/mol. The van der Waals surface area contributed by atoms with Crippen LogP contribution < -0.4 is 4.74 Å². The van der Waals surface area contributed by atoms with Gasteiger partial charge in [-0.05, 0) is 67.0 Å². The van der Waals surface area contributed by atoms with Crippen LogP contribution in [0.1, 0.15) is 97.3 Å². The molecule has 34 heavy (non-hydrogen) atoms. The number of ether oxygens (including phenoxy) is 2. The molecule has 0 aliphatic rings. The smallest absolute Gasteiger partial charge is 0.123 e. The lowest BCUT2D eigenvalue weighted by Crippen LogP contribution is -2.10. The zero-order valence-electron chi connectivity index (χ0n) is 21.7. The van der Waals surface area contributed by atoms with Crippen molar-refractivity contribution in [1.29, 1.82) is 0 Å². The number of hydrogen-bond donors (Lipinski definition) is 0. The average Bonchev–Trinajstić information content (AvgIpc) is 2.85. The van der Waals surface area contributed by atoms with Crippen LogP contribution in [0, 0.1) is 11.7 Å². The van der Waals surface area contributed by atoms with Gasteiger partial charge in [0.05, 0.1) is 6.61 Å².